The number of aromatic nitrogens is 1. The van der Waals surface area contributed by atoms with Crippen molar-refractivity contribution in [2.75, 3.05) is 13.2 Å². The van der Waals surface area contributed by atoms with Crippen LogP contribution in [0.15, 0.2) is 51.9 Å². The first-order chi connectivity index (χ1) is 13.1. The first-order valence-corrected chi connectivity index (χ1v) is 9.29. The van der Waals surface area contributed by atoms with Crippen LogP contribution in [0.5, 0.6) is 5.88 Å². The van der Waals surface area contributed by atoms with Crippen molar-refractivity contribution in [2.45, 2.75) is 31.6 Å². The van der Waals surface area contributed by atoms with Crippen molar-refractivity contribution in [3.05, 3.63) is 63.8 Å². The molecule has 0 spiro atoms. The molecule has 2 aromatic carbocycles. The fourth-order valence-corrected chi connectivity index (χ4v) is 3.70. The molecule has 142 valence electrons. The number of fused-ring (bicyclic) bond motifs is 1. The quantitative estimate of drug-likeness (QED) is 0.716. The van der Waals surface area contributed by atoms with E-state index >= 15 is 0 Å². The molecule has 0 unspecified atom stereocenters. The average molecular weight is 390 g/mol. The van der Waals surface area contributed by atoms with Crippen LogP contribution < -0.4 is 5.76 Å². The molecule has 0 atom stereocenters. The number of hydrogen-bond acceptors (Lipinski definition) is 5. The van der Waals surface area contributed by atoms with E-state index in [1.54, 1.807) is 0 Å². The van der Waals surface area contributed by atoms with Crippen molar-refractivity contribution >= 4 is 22.4 Å². The van der Waals surface area contributed by atoms with Gasteiger partial charge in [-0.15, -0.1) is 0 Å². The highest BCUT2D eigenvalue weighted by atomic mass is 35.5. The Labute approximate surface area is 160 Å². The second-order valence-electron chi connectivity index (χ2n) is 6.63. The van der Waals surface area contributed by atoms with E-state index in [-0.39, 0.29) is 18.1 Å². The molecule has 1 saturated heterocycles. The van der Waals surface area contributed by atoms with Gasteiger partial charge in [-0.25, -0.2) is 9.36 Å². The number of oxazole rings is 1. The fraction of sp³-hybridized carbons (Fsp3) is 0.350. The van der Waals surface area contributed by atoms with Gasteiger partial charge < -0.3 is 19.0 Å². The van der Waals surface area contributed by atoms with Crippen LogP contribution in [0.4, 0.5) is 0 Å². The predicted molar refractivity (Wildman–Crippen MR) is 101 cm³/mol. The van der Waals surface area contributed by atoms with Crippen molar-refractivity contribution in [2.24, 2.45) is 0 Å². The third-order valence-electron chi connectivity index (χ3n) is 4.89. The zero-order valence-electron chi connectivity index (χ0n) is 14.6. The Morgan fingerprint density at radius 2 is 1.85 bits per heavy atom. The van der Waals surface area contributed by atoms with Gasteiger partial charge in [-0.3, -0.25) is 0 Å². The van der Waals surface area contributed by atoms with E-state index in [1.807, 2.05) is 30.3 Å². The van der Waals surface area contributed by atoms with Gasteiger partial charge >= 0.3 is 5.76 Å². The molecule has 0 radical (unpaired) electrons. The summed E-state index contributed by atoms with van der Waals surface area (Å²) < 4.78 is 17.6. The highest BCUT2D eigenvalue weighted by Gasteiger charge is 2.25. The fourth-order valence-electron chi connectivity index (χ4n) is 3.48. The summed E-state index contributed by atoms with van der Waals surface area (Å²) in [5, 5.41) is 12.4. The maximum absolute atomic E-state index is 11.4. The largest absolute Gasteiger partial charge is 0.492 e. The molecule has 3 aromatic rings. The molecular formula is C20H20ClNO5. The monoisotopic (exact) mass is 389 g/mol. The molecular weight excluding hydrogens is 370 g/mol. The number of rotatable bonds is 5. The maximum Gasteiger partial charge on any atom is 0.421 e. The van der Waals surface area contributed by atoms with Crippen LogP contribution in [0.25, 0.3) is 10.8 Å². The lowest BCUT2D eigenvalue weighted by atomic mass is 9.94. The number of nitrogens with zero attached hydrogens (tertiary/aromatic N) is 1. The van der Waals surface area contributed by atoms with Crippen molar-refractivity contribution < 1.29 is 19.0 Å². The zero-order chi connectivity index (χ0) is 18.8. The van der Waals surface area contributed by atoms with Crippen molar-refractivity contribution in [3.63, 3.8) is 0 Å². The van der Waals surface area contributed by atoms with E-state index in [0.717, 1.165) is 22.1 Å². The second-order valence-corrected chi connectivity index (χ2v) is 7.04. The molecule has 1 aromatic heterocycles. The normalized spacial score (nSPS) is 20.2. The van der Waals surface area contributed by atoms with Crippen LogP contribution in [0.2, 0.25) is 5.02 Å². The topological polar surface area (TPSA) is 73.8 Å². The molecule has 0 saturated carbocycles. The molecule has 4 rings (SSSR count). The summed E-state index contributed by atoms with van der Waals surface area (Å²) in [6.45, 7) is 1.48. The Hall–Kier alpha value is -2.28. The standard InChI is InChI=1S/C20H20ClNO5/c21-17-8-7-14(15-4-1-2-5-16(15)17)13-10-25-19(26-11-13)6-3-9-22-18(23)12-27-20(22)24/h1-2,4-5,7-8,12-13,19,23H,3,6,9-11H2. The van der Waals surface area contributed by atoms with Crippen molar-refractivity contribution in [1.29, 1.82) is 0 Å². The molecule has 6 nitrogen and oxygen atoms in total. The van der Waals surface area contributed by atoms with Crippen LogP contribution in [0.1, 0.15) is 24.3 Å². The van der Waals surface area contributed by atoms with Crippen LogP contribution in [0, 0.1) is 0 Å². The molecule has 0 amide bonds. The highest BCUT2D eigenvalue weighted by molar-refractivity contribution is 6.35. The summed E-state index contributed by atoms with van der Waals surface area (Å²) in [5.74, 6) is -0.586. The zero-order valence-corrected chi connectivity index (χ0v) is 15.4. The number of ether oxygens (including phenoxy) is 2. The van der Waals surface area contributed by atoms with E-state index in [2.05, 4.69) is 10.5 Å². The van der Waals surface area contributed by atoms with Crippen molar-refractivity contribution in [3.8, 4) is 5.88 Å². The number of benzene rings is 2. The molecule has 1 aliphatic rings. The minimum absolute atomic E-state index is 0.143. The van der Waals surface area contributed by atoms with Gasteiger partial charge in [0.1, 0.15) is 0 Å². The lowest BCUT2D eigenvalue weighted by molar-refractivity contribution is -0.190. The van der Waals surface area contributed by atoms with Crippen LogP contribution in [-0.4, -0.2) is 29.2 Å². The highest BCUT2D eigenvalue weighted by Crippen LogP contribution is 2.33. The Morgan fingerprint density at radius 1 is 1.11 bits per heavy atom. The van der Waals surface area contributed by atoms with E-state index < -0.39 is 5.76 Å². The third-order valence-corrected chi connectivity index (χ3v) is 5.22. The Bertz CT molecular complexity index is 987. The molecule has 0 aliphatic carbocycles. The minimum atomic E-state index is -0.562. The van der Waals surface area contributed by atoms with E-state index in [1.165, 1.54) is 10.1 Å². The maximum atomic E-state index is 11.4. The van der Waals surface area contributed by atoms with Gasteiger partial charge in [-0.2, -0.15) is 0 Å². The van der Waals surface area contributed by atoms with E-state index in [9.17, 15) is 9.90 Å². The third kappa shape index (κ3) is 3.74. The van der Waals surface area contributed by atoms with Gasteiger partial charge in [0.15, 0.2) is 12.6 Å². The van der Waals surface area contributed by atoms with Gasteiger partial charge in [0, 0.05) is 29.3 Å². The van der Waals surface area contributed by atoms with Gasteiger partial charge in [0.2, 0.25) is 5.88 Å². The average Bonchev–Trinajstić information content (AvgIpc) is 3.01. The SMILES string of the molecule is O=c1occ(O)n1CCCC1OCC(c2ccc(Cl)c3ccccc23)CO1. The molecule has 2 heterocycles. The van der Waals surface area contributed by atoms with Gasteiger partial charge in [0.05, 0.1) is 13.2 Å². The van der Waals surface area contributed by atoms with Crippen LogP contribution >= 0.6 is 11.6 Å². The van der Waals surface area contributed by atoms with Crippen LogP contribution in [0.3, 0.4) is 0 Å². The van der Waals surface area contributed by atoms with E-state index in [0.29, 0.717) is 32.6 Å². The van der Waals surface area contributed by atoms with Gasteiger partial charge in [-0.05, 0) is 23.4 Å². The lowest BCUT2D eigenvalue weighted by Gasteiger charge is -2.30. The number of aromatic hydroxyl groups is 1. The number of halogens is 1. The van der Waals surface area contributed by atoms with Gasteiger partial charge in [0.25, 0.3) is 0 Å². The summed E-state index contributed by atoms with van der Waals surface area (Å²) in [6.07, 6.45) is 1.98. The summed E-state index contributed by atoms with van der Waals surface area (Å²) >= 11 is 6.30. The summed E-state index contributed by atoms with van der Waals surface area (Å²) in [7, 11) is 0. The Balaban J connectivity index is 1.36. The Morgan fingerprint density at radius 3 is 2.56 bits per heavy atom. The second kappa shape index (κ2) is 7.76. The molecule has 1 N–H and O–H groups in total. The van der Waals surface area contributed by atoms with Crippen LogP contribution in [-0.2, 0) is 16.0 Å². The number of hydrogen-bond donors (Lipinski definition) is 1. The molecule has 1 fully saturated rings. The van der Waals surface area contributed by atoms with E-state index in [4.69, 9.17) is 21.1 Å². The molecule has 7 heteroatoms. The first kappa shape index (κ1) is 18.1. The molecule has 0 bridgehead atoms. The molecule has 27 heavy (non-hydrogen) atoms. The van der Waals surface area contributed by atoms with Crippen molar-refractivity contribution in [1.82, 2.24) is 4.57 Å². The molecule has 1 aliphatic heterocycles. The predicted octanol–water partition coefficient (Wildman–Crippen LogP) is 3.89. The Kier molecular flexibility index (Phi) is 5.20. The summed E-state index contributed by atoms with van der Waals surface area (Å²) in [4.78, 5) is 11.4. The smallest absolute Gasteiger partial charge is 0.421 e. The summed E-state index contributed by atoms with van der Waals surface area (Å²) in [5.41, 5.74) is 1.17. The van der Waals surface area contributed by atoms with Gasteiger partial charge in [-0.1, -0.05) is 41.9 Å². The lowest BCUT2D eigenvalue weighted by Crippen LogP contribution is -2.31. The first-order valence-electron chi connectivity index (χ1n) is 8.91. The summed E-state index contributed by atoms with van der Waals surface area (Å²) in [6, 6.07) is 12.0. The minimum Gasteiger partial charge on any atom is -0.492 e.